The van der Waals surface area contributed by atoms with Crippen LogP contribution in [0, 0.1) is 141 Å². The molecule has 0 aliphatic rings. The van der Waals surface area contributed by atoms with Crippen LogP contribution < -0.4 is 30.6 Å². The van der Waals surface area contributed by atoms with Crippen LogP contribution in [0.1, 0.15) is 112 Å². The van der Waals surface area contributed by atoms with E-state index in [4.69, 9.17) is 0 Å². The smallest absolute Gasteiger partial charge is 0.573 e. The molecule has 0 unspecified atom stereocenters. The van der Waals surface area contributed by atoms with E-state index in [1.807, 2.05) is 122 Å². The summed E-state index contributed by atoms with van der Waals surface area (Å²) in [6.07, 6.45) is -22.0. The van der Waals surface area contributed by atoms with Crippen molar-refractivity contribution in [3.8, 4) is 135 Å². The molecular formula is C110H100F18N18Os3. The van der Waals surface area contributed by atoms with Crippen LogP contribution >= 0.6 is 0 Å². The molecule has 780 valence electrons. The van der Waals surface area contributed by atoms with Crippen molar-refractivity contribution in [2.75, 3.05) is 0 Å². The standard InChI is InChI=1S/C18H12F6N3.C18H18N3.2C17H10F6N3.2C17H16N3.6CH3.3Os/c1-9-5-3-4-6-11(9)12-8-25-13(7-10(12)2)15-14(17(19,20)21)16(27-26-15)18(22,23)24;1-11-7-5-6-8-15(11)16-10-19-17(9-12(16)2)18-13(3)14(4)20-21-18;2*1-9-7-11(10-5-3-2-4-6-10)8-24-13(9)14-12(16(18,19)20)15(26-25-14)17(21,22)23;2*1-11-9-15(14-7-5-4-6-8-14)10-18-16(11)17-12(2)13(3)19-20-17;;;;;;;;;/h3-8H,1-2H3;5-10H,1-4H3;2*2-8H,1H3;2*4-10H,1-3H3;6*1H3;;;/q12*-1;3*+4. The Balaban J connectivity index is 0.000000369. The SMILES string of the molecule is Cc1cc(-c2ccccc2)cnc1-c1[n-]nc(C(F)(F)F)c1C(F)(F)F.Cc1cc(-c2ccccc2)cnc1-c1[n-]nc(C(F)(F)F)c1C(F)(F)F.Cc1cc(-c2ccccc2)cnc1-c1[n-]nc(C)c1C.Cc1cc(-c2ccccc2)cnc1-c1[n-]nc(C)c1C.Cc1ccccc1-c1cnc(-c2[n-]nc(C(F)(F)F)c2C(F)(F)F)cc1C.Cc1ccccc1-c1cnc(-c2[n-]nc(C)c2C)cc1C.[CH3-].[CH3-].[CH3-].[CH3-].[CH3-].[CH3-].[Os+4].[Os+4].[Os+4]. The largest absolute Gasteiger partial charge is 4.00 e. The third kappa shape index (κ3) is 29.8. The van der Waals surface area contributed by atoms with Gasteiger partial charge in [-0.3, -0.25) is 29.9 Å². The van der Waals surface area contributed by atoms with Gasteiger partial charge in [-0.25, -0.2) is 0 Å². The van der Waals surface area contributed by atoms with Crippen molar-refractivity contribution in [2.24, 2.45) is 0 Å². The first-order valence-corrected chi connectivity index (χ1v) is 42.7. The summed E-state index contributed by atoms with van der Waals surface area (Å²) in [4.78, 5) is 25.6. The second-order valence-corrected chi connectivity index (χ2v) is 32.5. The molecule has 12 heterocycles. The zero-order chi connectivity index (χ0) is 101. The molecule has 0 fully saturated rings. The number of hydrogen-bond donors (Lipinski definition) is 0. The number of nitrogens with zero attached hydrogens (tertiary/aromatic N) is 18. The van der Waals surface area contributed by atoms with E-state index in [1.54, 1.807) is 85.8 Å². The molecule has 0 saturated heterocycles. The molecule has 0 spiro atoms. The summed E-state index contributed by atoms with van der Waals surface area (Å²) in [5.41, 5.74) is 13.9. The molecule has 12 aromatic heterocycles. The molecule has 0 radical (unpaired) electrons. The first-order valence-electron chi connectivity index (χ1n) is 42.7. The number of alkyl halides is 18. The van der Waals surface area contributed by atoms with Crippen molar-refractivity contribution in [1.82, 2.24) is 91.1 Å². The Hall–Kier alpha value is -13.9. The number of halogens is 18. The van der Waals surface area contributed by atoms with Crippen LogP contribution in [-0.2, 0) is 96.4 Å². The Kier molecular flexibility index (Phi) is 45.2. The summed E-state index contributed by atoms with van der Waals surface area (Å²) < 4.78 is 235. The summed E-state index contributed by atoms with van der Waals surface area (Å²) in [5, 5.41) is 42.6. The normalized spacial score (nSPS) is 11.0. The molecule has 0 bridgehead atoms. The molecular weight excluding hydrogens is 2490 g/mol. The maximum absolute atomic E-state index is 13.2. The fourth-order valence-corrected chi connectivity index (χ4v) is 15.0. The van der Waals surface area contributed by atoms with Gasteiger partial charge in [0, 0.05) is 93.3 Å². The number of benzene rings is 6. The van der Waals surface area contributed by atoms with Crippen molar-refractivity contribution in [2.45, 2.75) is 134 Å². The average Bonchev–Trinajstić information content (AvgIpc) is 1.62. The van der Waals surface area contributed by atoms with Gasteiger partial charge in [-0.15, -0.1) is 0 Å². The number of hydrogen-bond acceptors (Lipinski definition) is 12. The van der Waals surface area contributed by atoms with E-state index in [9.17, 15) is 79.0 Å². The van der Waals surface area contributed by atoms with E-state index in [-0.39, 0.29) is 132 Å². The number of pyridine rings is 6. The van der Waals surface area contributed by atoms with Gasteiger partial charge in [-0.1, -0.05) is 204 Å². The van der Waals surface area contributed by atoms with Crippen LogP contribution in [0.15, 0.2) is 243 Å². The fraction of sp³-hybridized carbons (Fsp3) is 0.182. The molecule has 149 heavy (non-hydrogen) atoms. The quantitative estimate of drug-likeness (QED) is 0.0816. The Morgan fingerprint density at radius 1 is 0.195 bits per heavy atom. The Morgan fingerprint density at radius 2 is 0.416 bits per heavy atom. The van der Waals surface area contributed by atoms with Crippen molar-refractivity contribution in [3.63, 3.8) is 0 Å². The number of rotatable bonds is 12. The Labute approximate surface area is 892 Å². The predicted octanol–water partition coefficient (Wildman–Crippen LogP) is 29.7. The minimum atomic E-state index is -5.27. The van der Waals surface area contributed by atoms with Gasteiger partial charge in [-0.05, 0) is 228 Å². The van der Waals surface area contributed by atoms with Crippen LogP contribution in [0.25, 0.3) is 135 Å². The monoisotopic (exact) mass is 2590 g/mol. The predicted molar refractivity (Wildman–Crippen MR) is 532 cm³/mol. The van der Waals surface area contributed by atoms with Gasteiger partial charge in [0.25, 0.3) is 0 Å². The number of aromatic nitrogens is 18. The van der Waals surface area contributed by atoms with Crippen molar-refractivity contribution >= 4 is 0 Å². The summed E-state index contributed by atoms with van der Waals surface area (Å²) in [6, 6.07) is 64.8. The first kappa shape index (κ1) is 127. The van der Waals surface area contributed by atoms with Gasteiger partial charge in [0.1, 0.15) is 17.1 Å². The zero-order valence-electron chi connectivity index (χ0n) is 84.0. The van der Waals surface area contributed by atoms with Gasteiger partial charge in [-0.2, -0.15) is 79.0 Å². The first-order chi connectivity index (χ1) is 66.1. The summed E-state index contributed by atoms with van der Waals surface area (Å²) in [7, 11) is 0. The maximum Gasteiger partial charge on any atom is 4.00 e. The summed E-state index contributed by atoms with van der Waals surface area (Å²) >= 11 is 0. The van der Waals surface area contributed by atoms with Crippen LogP contribution in [0.5, 0.6) is 0 Å². The van der Waals surface area contributed by atoms with E-state index < -0.39 is 87.9 Å². The van der Waals surface area contributed by atoms with Gasteiger partial charge >= 0.3 is 96.4 Å². The van der Waals surface area contributed by atoms with E-state index in [0.717, 1.165) is 112 Å². The third-order valence-corrected chi connectivity index (χ3v) is 22.6. The van der Waals surface area contributed by atoms with E-state index in [1.165, 1.54) is 71.9 Å². The molecule has 6 aromatic carbocycles. The van der Waals surface area contributed by atoms with E-state index >= 15 is 0 Å². The maximum atomic E-state index is 13.2. The minimum Gasteiger partial charge on any atom is -0.573 e. The molecule has 18 aromatic rings. The van der Waals surface area contributed by atoms with Crippen LogP contribution in [0.3, 0.4) is 0 Å². The van der Waals surface area contributed by atoms with Gasteiger partial charge in [0.15, 0.2) is 0 Å². The second-order valence-electron chi connectivity index (χ2n) is 32.5. The molecule has 18 nitrogen and oxygen atoms in total. The molecule has 39 heteroatoms. The van der Waals surface area contributed by atoms with E-state index in [0.29, 0.717) is 22.3 Å². The van der Waals surface area contributed by atoms with Crippen molar-refractivity contribution in [3.05, 3.63) is 400 Å². The fourth-order valence-electron chi connectivity index (χ4n) is 15.0. The molecule has 0 amide bonds. The van der Waals surface area contributed by atoms with Gasteiger partial charge in [0.2, 0.25) is 0 Å². The minimum absolute atomic E-state index is 0. The second kappa shape index (κ2) is 52.8. The van der Waals surface area contributed by atoms with Gasteiger partial charge < -0.3 is 106 Å². The van der Waals surface area contributed by atoms with Crippen molar-refractivity contribution in [1.29, 1.82) is 0 Å². The topological polar surface area (TPSA) is 239 Å². The molecule has 0 aliphatic heterocycles. The Bertz CT molecular complexity index is 7120. The van der Waals surface area contributed by atoms with Crippen LogP contribution in [0.4, 0.5) is 79.0 Å². The third-order valence-electron chi connectivity index (χ3n) is 22.6. The van der Waals surface area contributed by atoms with Crippen LogP contribution in [0.2, 0.25) is 0 Å². The molecule has 0 aliphatic carbocycles. The zero-order valence-corrected chi connectivity index (χ0v) is 91.6. The van der Waals surface area contributed by atoms with Crippen LogP contribution in [-0.4, -0.2) is 60.5 Å². The molecule has 0 N–H and O–H groups in total. The molecule has 0 atom stereocenters. The van der Waals surface area contributed by atoms with Gasteiger partial charge in [0.05, 0.1) is 45.2 Å². The Morgan fingerprint density at radius 3 is 0.644 bits per heavy atom. The van der Waals surface area contributed by atoms with Crippen molar-refractivity contribution < 1.29 is 138 Å². The van der Waals surface area contributed by atoms with E-state index in [2.05, 4.69) is 186 Å². The molecule has 0 saturated carbocycles. The molecule has 18 rings (SSSR count). The number of aryl methyl sites for hydroxylation is 11. The summed E-state index contributed by atoms with van der Waals surface area (Å²) in [5.74, 6) is 0. The average molecular weight is 2590 g/mol. The summed E-state index contributed by atoms with van der Waals surface area (Å²) in [6.45, 7) is 26.8.